The summed E-state index contributed by atoms with van der Waals surface area (Å²) < 4.78 is 12.9. The van der Waals surface area contributed by atoms with E-state index in [1.165, 1.54) is 22.7 Å². The molecule has 0 radical (unpaired) electrons. The van der Waals surface area contributed by atoms with Crippen molar-refractivity contribution in [3.05, 3.63) is 60.4 Å². The molecule has 1 saturated heterocycles. The van der Waals surface area contributed by atoms with Gasteiger partial charge in [-0.2, -0.15) is 0 Å². The monoisotopic (exact) mass is 347 g/mol. The molecule has 2 aromatic rings. The molecule has 0 spiro atoms. The number of aliphatic hydroxyl groups is 1. The maximum absolute atomic E-state index is 12.9. The van der Waals surface area contributed by atoms with Crippen LogP contribution in [0.15, 0.2) is 59.5 Å². The van der Waals surface area contributed by atoms with Crippen LogP contribution in [0, 0.1) is 5.82 Å². The Hall–Kier alpha value is -1.56. The SMILES string of the molecule is O[C@@H](CSc1ccc(F)cc1)C[NH+]1CCN(c2ccccc2)CC1. The van der Waals surface area contributed by atoms with Crippen molar-refractivity contribution >= 4 is 17.4 Å². The van der Waals surface area contributed by atoms with E-state index in [9.17, 15) is 9.50 Å². The summed E-state index contributed by atoms with van der Waals surface area (Å²) in [5, 5.41) is 10.3. The lowest BCUT2D eigenvalue weighted by Gasteiger charge is -2.34. The fraction of sp³-hybridized carbons (Fsp3) is 0.368. The summed E-state index contributed by atoms with van der Waals surface area (Å²) in [6, 6.07) is 16.9. The number of nitrogens with zero attached hydrogens (tertiary/aromatic N) is 1. The summed E-state index contributed by atoms with van der Waals surface area (Å²) >= 11 is 1.58. The number of rotatable bonds is 6. The van der Waals surface area contributed by atoms with Gasteiger partial charge in [-0.25, -0.2) is 4.39 Å². The first-order valence-corrected chi connectivity index (χ1v) is 9.39. The Labute approximate surface area is 147 Å². The van der Waals surface area contributed by atoms with Crippen LogP contribution in [-0.2, 0) is 0 Å². The van der Waals surface area contributed by atoms with E-state index in [2.05, 4.69) is 29.2 Å². The van der Waals surface area contributed by atoms with E-state index in [4.69, 9.17) is 0 Å². The molecule has 24 heavy (non-hydrogen) atoms. The third-order valence-electron chi connectivity index (χ3n) is 4.37. The molecule has 1 atom stereocenters. The fourth-order valence-corrected chi connectivity index (χ4v) is 3.87. The predicted octanol–water partition coefficient (Wildman–Crippen LogP) is 1.68. The molecule has 5 heteroatoms. The van der Waals surface area contributed by atoms with Crippen LogP contribution in [0.25, 0.3) is 0 Å². The average Bonchev–Trinajstić information content (AvgIpc) is 2.63. The number of benzene rings is 2. The third-order valence-corrected chi connectivity index (χ3v) is 5.53. The van der Waals surface area contributed by atoms with Gasteiger partial charge in [-0.05, 0) is 36.4 Å². The molecule has 128 valence electrons. The summed E-state index contributed by atoms with van der Waals surface area (Å²) in [5.41, 5.74) is 1.28. The van der Waals surface area contributed by atoms with Gasteiger partial charge in [-0.3, -0.25) is 0 Å². The van der Waals surface area contributed by atoms with Crippen molar-refractivity contribution in [1.82, 2.24) is 0 Å². The summed E-state index contributed by atoms with van der Waals surface area (Å²) in [6.07, 6.45) is -0.335. The molecule has 0 amide bonds. The molecule has 3 nitrogen and oxygen atoms in total. The molecule has 0 aliphatic carbocycles. The number of quaternary nitrogens is 1. The van der Waals surface area contributed by atoms with Gasteiger partial charge in [0.15, 0.2) is 0 Å². The number of aliphatic hydroxyl groups excluding tert-OH is 1. The van der Waals surface area contributed by atoms with E-state index < -0.39 is 0 Å². The maximum Gasteiger partial charge on any atom is 0.123 e. The summed E-state index contributed by atoms with van der Waals surface area (Å²) in [7, 11) is 0. The molecule has 0 bridgehead atoms. The van der Waals surface area contributed by atoms with Crippen LogP contribution in [0.1, 0.15) is 0 Å². The molecule has 2 N–H and O–H groups in total. The number of para-hydroxylation sites is 1. The van der Waals surface area contributed by atoms with Gasteiger partial charge in [0.1, 0.15) is 18.5 Å². The van der Waals surface area contributed by atoms with Crippen LogP contribution in [0.3, 0.4) is 0 Å². The van der Waals surface area contributed by atoms with E-state index in [-0.39, 0.29) is 11.9 Å². The van der Waals surface area contributed by atoms with Crippen LogP contribution in [-0.4, -0.2) is 49.7 Å². The molecule has 1 fully saturated rings. The van der Waals surface area contributed by atoms with Crippen molar-refractivity contribution in [3.63, 3.8) is 0 Å². The fourth-order valence-electron chi connectivity index (χ4n) is 3.04. The lowest BCUT2D eigenvalue weighted by molar-refractivity contribution is -0.903. The van der Waals surface area contributed by atoms with Crippen molar-refractivity contribution < 1.29 is 14.4 Å². The van der Waals surface area contributed by atoms with Crippen molar-refractivity contribution in [1.29, 1.82) is 0 Å². The van der Waals surface area contributed by atoms with E-state index in [1.807, 2.05) is 6.07 Å². The van der Waals surface area contributed by atoms with Gasteiger partial charge in [0.2, 0.25) is 0 Å². The predicted molar refractivity (Wildman–Crippen MR) is 97.3 cm³/mol. The molecular weight excluding hydrogens is 323 g/mol. The van der Waals surface area contributed by atoms with Gasteiger partial charge in [-0.1, -0.05) is 18.2 Å². The normalized spacial score (nSPS) is 17.0. The zero-order valence-electron chi connectivity index (χ0n) is 13.7. The molecule has 0 aromatic heterocycles. The summed E-state index contributed by atoms with van der Waals surface area (Å²) in [6.45, 7) is 4.92. The number of nitrogens with one attached hydrogen (secondary N) is 1. The molecule has 0 saturated carbocycles. The van der Waals surface area contributed by atoms with Crippen LogP contribution >= 0.6 is 11.8 Å². The molecular formula is C19H24FN2OS+. The number of piperazine rings is 1. The smallest absolute Gasteiger partial charge is 0.123 e. The largest absolute Gasteiger partial charge is 0.386 e. The molecule has 1 aliphatic heterocycles. The molecule has 3 rings (SSSR count). The Bertz CT molecular complexity index is 615. The minimum Gasteiger partial charge on any atom is -0.386 e. The van der Waals surface area contributed by atoms with Crippen LogP contribution in [0.5, 0.6) is 0 Å². The second-order valence-electron chi connectivity index (χ2n) is 6.20. The highest BCUT2D eigenvalue weighted by Crippen LogP contribution is 2.18. The van der Waals surface area contributed by atoms with Crippen LogP contribution in [0.4, 0.5) is 10.1 Å². The van der Waals surface area contributed by atoms with Crippen molar-refractivity contribution in [2.24, 2.45) is 0 Å². The number of hydrogen-bond acceptors (Lipinski definition) is 3. The standard InChI is InChI=1S/C19H23FN2OS/c20-16-6-8-19(9-7-16)24-15-18(23)14-21-10-12-22(13-11-21)17-4-2-1-3-5-17/h1-9,18,23H,10-15H2/p+1/t18-/m1/s1. The Morgan fingerprint density at radius 1 is 1.04 bits per heavy atom. The second kappa shape index (κ2) is 8.51. The Balaban J connectivity index is 1.40. The first-order valence-electron chi connectivity index (χ1n) is 8.41. The highest BCUT2D eigenvalue weighted by Gasteiger charge is 2.22. The lowest BCUT2D eigenvalue weighted by atomic mass is 10.2. The van der Waals surface area contributed by atoms with Crippen LogP contribution in [0.2, 0.25) is 0 Å². The quantitative estimate of drug-likeness (QED) is 0.779. The Morgan fingerprint density at radius 3 is 2.38 bits per heavy atom. The number of halogens is 1. The first-order chi connectivity index (χ1) is 11.7. The third kappa shape index (κ3) is 4.97. The molecule has 0 unspecified atom stereocenters. The average molecular weight is 347 g/mol. The summed E-state index contributed by atoms with van der Waals surface area (Å²) in [4.78, 5) is 4.86. The van der Waals surface area contributed by atoms with E-state index >= 15 is 0 Å². The van der Waals surface area contributed by atoms with Crippen molar-refractivity contribution in [3.8, 4) is 0 Å². The van der Waals surface area contributed by atoms with Crippen molar-refractivity contribution in [2.75, 3.05) is 43.4 Å². The minimum atomic E-state index is -0.335. The molecule has 1 heterocycles. The van der Waals surface area contributed by atoms with Gasteiger partial charge in [0.05, 0.1) is 26.2 Å². The summed E-state index contributed by atoms with van der Waals surface area (Å²) in [5.74, 6) is 0.429. The lowest BCUT2D eigenvalue weighted by Crippen LogP contribution is -3.15. The van der Waals surface area contributed by atoms with E-state index in [1.54, 1.807) is 23.9 Å². The molecule has 2 aromatic carbocycles. The van der Waals surface area contributed by atoms with Crippen LogP contribution < -0.4 is 9.80 Å². The number of thioether (sulfide) groups is 1. The number of anilines is 1. The van der Waals surface area contributed by atoms with Gasteiger partial charge >= 0.3 is 0 Å². The van der Waals surface area contributed by atoms with E-state index in [0.29, 0.717) is 5.75 Å². The Kier molecular flexibility index (Phi) is 6.12. The van der Waals surface area contributed by atoms with Crippen molar-refractivity contribution in [2.45, 2.75) is 11.0 Å². The second-order valence-corrected chi connectivity index (χ2v) is 7.29. The highest BCUT2D eigenvalue weighted by atomic mass is 32.2. The maximum atomic E-state index is 12.9. The van der Waals surface area contributed by atoms with E-state index in [0.717, 1.165) is 37.6 Å². The Morgan fingerprint density at radius 2 is 1.71 bits per heavy atom. The highest BCUT2D eigenvalue weighted by molar-refractivity contribution is 7.99. The first kappa shape index (κ1) is 17.3. The molecule has 1 aliphatic rings. The van der Waals surface area contributed by atoms with Gasteiger partial charge < -0.3 is 14.9 Å². The zero-order chi connectivity index (χ0) is 16.8. The van der Waals surface area contributed by atoms with Gasteiger partial charge in [0.25, 0.3) is 0 Å². The van der Waals surface area contributed by atoms with Gasteiger partial charge in [0, 0.05) is 16.3 Å². The topological polar surface area (TPSA) is 27.9 Å². The minimum absolute atomic E-state index is 0.222. The van der Waals surface area contributed by atoms with Gasteiger partial charge in [-0.15, -0.1) is 11.8 Å². The number of hydrogen-bond donors (Lipinski definition) is 2. The zero-order valence-corrected chi connectivity index (χ0v) is 14.5.